The molecule has 286 valence electrons. The van der Waals surface area contributed by atoms with Crippen molar-refractivity contribution in [1.29, 1.82) is 0 Å². The number of hydrogen-bond acceptors (Lipinski definition) is 14. The van der Waals surface area contributed by atoms with Crippen LogP contribution in [0.5, 0.6) is 5.75 Å². The maximum atomic E-state index is 13.7. The number of ketones is 1. The minimum atomic E-state index is -1.48. The number of esters is 1. The molecule has 0 radical (unpaired) electrons. The average molecular weight is 813 g/mol. The van der Waals surface area contributed by atoms with E-state index in [0.717, 1.165) is 0 Å². The van der Waals surface area contributed by atoms with Crippen molar-refractivity contribution in [2.24, 2.45) is 22.7 Å². The molecule has 7 rings (SSSR count). The van der Waals surface area contributed by atoms with Gasteiger partial charge in [0.05, 0.1) is 16.1 Å². The topological polar surface area (TPSA) is 152 Å². The fourth-order valence-electron chi connectivity index (χ4n) is 9.60. The van der Waals surface area contributed by atoms with Crippen LogP contribution >= 0.6 is 63.1 Å². The second kappa shape index (κ2) is 14.3. The normalized spacial score (nSPS) is 38.1. The van der Waals surface area contributed by atoms with Gasteiger partial charge < -0.3 is 29.7 Å². The van der Waals surface area contributed by atoms with E-state index >= 15 is 0 Å². The van der Waals surface area contributed by atoms with E-state index < -0.39 is 73.2 Å². The average Bonchev–Trinajstić information content (AvgIpc) is 3.63. The molecule has 1 saturated heterocycles. The van der Waals surface area contributed by atoms with Crippen molar-refractivity contribution < 1.29 is 43.6 Å². The van der Waals surface area contributed by atoms with Gasteiger partial charge in [0.2, 0.25) is 5.91 Å². The molecular weight excluding hydrogens is 765 g/mol. The van der Waals surface area contributed by atoms with Gasteiger partial charge in [0.25, 0.3) is 0 Å². The molecule has 4 saturated carbocycles. The van der Waals surface area contributed by atoms with Gasteiger partial charge in [0.15, 0.2) is 11.5 Å². The summed E-state index contributed by atoms with van der Waals surface area (Å²) in [6.07, 6.45) is 2.53. The van der Waals surface area contributed by atoms with Crippen molar-refractivity contribution in [1.82, 2.24) is 10.2 Å². The second-order valence-electron chi connectivity index (χ2n) is 15.7. The Labute approximate surface area is 331 Å². The molecule has 2 amide bonds. The van der Waals surface area contributed by atoms with Crippen LogP contribution in [-0.4, -0.2) is 95.7 Å². The number of amides is 2. The van der Waals surface area contributed by atoms with Gasteiger partial charge in [-0.05, 0) is 80.6 Å². The Hall–Kier alpha value is -1.85. The third-order valence-electron chi connectivity index (χ3n) is 12.0. The first-order chi connectivity index (χ1) is 24.3. The molecule has 2 bridgehead atoms. The standard InChI is InChI=1S/C36H48N2O9S5/c1-19-10-23(40)33-14-27(49)36(52)25(13-34(51,18-39)24(41)12-26(48)35(19,17-33)30(33)36)46-28(42)16-45-21-7-4-6-20(11-21)15-37-29(43)22-8-5-9-38(22)31(44)47-32(2,3)50/h4,6-7,11-12,19,22,25-27,30,39,41,48-52H,5,8-10,13-18H2,1-3H3,(H,37,43)/t19?,22?,25-,26+,27?,30?,33?,34-,35?,36+/m1/s1. The summed E-state index contributed by atoms with van der Waals surface area (Å²) in [5.74, 6) is -1.12. The number of ether oxygens (including phenoxy) is 3. The molecule has 1 aromatic carbocycles. The highest BCUT2D eigenvalue weighted by Gasteiger charge is 2.83. The molecular formula is C36H48N2O9S5. The Bertz CT molecular complexity index is 1660. The quantitative estimate of drug-likeness (QED) is 0.101. The van der Waals surface area contributed by atoms with E-state index in [2.05, 4.69) is 17.9 Å². The summed E-state index contributed by atoms with van der Waals surface area (Å²) in [6, 6.07) is 6.22. The number of nitrogens with one attached hydrogen (secondary N) is 1. The Morgan fingerprint density at radius 2 is 1.88 bits per heavy atom. The SMILES string of the molecule is CC1CC(=O)C23CC(S)[C@]4(S)C2C1(C3)[C@@H](S)C=C(O)[C@](S)(CO)C[C@H]4OC(=O)COc1cccc(CNC(=O)C2CCCN2C(=O)OC(C)(C)S)c1. The third-order valence-corrected chi connectivity index (χ3v) is 14.9. The number of rotatable bonds is 9. The molecule has 5 fully saturated rings. The van der Waals surface area contributed by atoms with Gasteiger partial charge in [-0.25, -0.2) is 9.59 Å². The van der Waals surface area contributed by atoms with Crippen molar-refractivity contribution in [2.45, 2.75) is 103 Å². The first kappa shape index (κ1) is 39.8. The van der Waals surface area contributed by atoms with Gasteiger partial charge in [0, 0.05) is 41.8 Å². The molecule has 52 heavy (non-hydrogen) atoms. The number of aliphatic hydroxyl groups excluding tert-OH is 2. The lowest BCUT2D eigenvalue weighted by Crippen LogP contribution is -2.73. The molecule has 1 aromatic rings. The zero-order valence-electron chi connectivity index (χ0n) is 29.4. The number of aliphatic hydroxyl groups is 2. The molecule has 11 nitrogen and oxygen atoms in total. The molecule has 16 heteroatoms. The molecule has 1 aliphatic heterocycles. The van der Waals surface area contributed by atoms with E-state index in [1.807, 2.05) is 6.92 Å². The number of likely N-dealkylation sites (tertiary alicyclic amines) is 1. The minimum absolute atomic E-state index is 0.0824. The van der Waals surface area contributed by atoms with Crippen LogP contribution < -0.4 is 10.1 Å². The lowest BCUT2D eigenvalue weighted by atomic mass is 9.34. The molecule has 10 atom stereocenters. The monoisotopic (exact) mass is 812 g/mol. The summed E-state index contributed by atoms with van der Waals surface area (Å²) in [7, 11) is 0. The number of thiol groups is 5. The maximum Gasteiger partial charge on any atom is 0.411 e. The largest absolute Gasteiger partial charge is 0.511 e. The highest BCUT2D eigenvalue weighted by Crippen LogP contribution is 2.81. The summed E-state index contributed by atoms with van der Waals surface area (Å²) < 4.78 is 14.8. The van der Waals surface area contributed by atoms with E-state index in [-0.39, 0.29) is 42.3 Å². The Morgan fingerprint density at radius 1 is 1.15 bits per heavy atom. The first-order valence-electron chi connectivity index (χ1n) is 17.6. The van der Waals surface area contributed by atoms with E-state index in [1.165, 1.54) is 4.90 Å². The fraction of sp³-hybridized carbons (Fsp3) is 0.667. The number of benzene rings is 1. The van der Waals surface area contributed by atoms with Crippen LogP contribution in [0.3, 0.4) is 0 Å². The number of nitrogens with zero attached hydrogens (tertiary/aromatic N) is 1. The number of hydrogen-bond donors (Lipinski definition) is 8. The van der Waals surface area contributed by atoms with Crippen molar-refractivity contribution in [3.05, 3.63) is 41.7 Å². The van der Waals surface area contributed by atoms with Gasteiger partial charge in [-0.15, -0.1) is 12.6 Å². The number of fused-ring (bicyclic) bond motifs is 2. The highest BCUT2D eigenvalue weighted by atomic mass is 32.1. The van der Waals surface area contributed by atoms with Crippen LogP contribution in [-0.2, 0) is 30.4 Å². The van der Waals surface area contributed by atoms with Crippen LogP contribution in [0.1, 0.15) is 64.9 Å². The van der Waals surface area contributed by atoms with Crippen molar-refractivity contribution in [2.75, 3.05) is 19.8 Å². The van der Waals surface area contributed by atoms with Crippen LogP contribution in [0, 0.1) is 22.7 Å². The van der Waals surface area contributed by atoms with Gasteiger partial charge in [-0.1, -0.05) is 19.1 Å². The van der Waals surface area contributed by atoms with Gasteiger partial charge in [-0.2, -0.15) is 50.5 Å². The van der Waals surface area contributed by atoms with Crippen LogP contribution in [0.2, 0.25) is 0 Å². The fourth-order valence-corrected chi connectivity index (χ4v) is 11.9. The zero-order valence-corrected chi connectivity index (χ0v) is 33.8. The summed E-state index contributed by atoms with van der Waals surface area (Å²) in [6.45, 7) is 4.85. The van der Waals surface area contributed by atoms with Gasteiger partial charge in [0.1, 0.15) is 29.4 Å². The smallest absolute Gasteiger partial charge is 0.411 e. The van der Waals surface area contributed by atoms with E-state index in [0.29, 0.717) is 50.0 Å². The summed E-state index contributed by atoms with van der Waals surface area (Å²) in [5.41, 5.74) is -0.513. The predicted octanol–water partition coefficient (Wildman–Crippen LogP) is 4.64. The molecule has 5 aliphatic carbocycles. The van der Waals surface area contributed by atoms with Crippen molar-refractivity contribution in [3.63, 3.8) is 0 Å². The number of carbonyl (C=O) groups excluding carboxylic acids is 4. The van der Waals surface area contributed by atoms with E-state index in [9.17, 15) is 29.4 Å². The second-order valence-corrected chi connectivity index (χ2v) is 19.6. The number of Topliss-reactive ketones (excluding diaryl/α,β-unsaturated/α-hetero) is 1. The van der Waals surface area contributed by atoms with Crippen LogP contribution in [0.4, 0.5) is 4.79 Å². The molecule has 1 heterocycles. The Kier molecular flexibility index (Phi) is 11.0. The van der Waals surface area contributed by atoms with Crippen molar-refractivity contribution >= 4 is 86.9 Å². The van der Waals surface area contributed by atoms with Crippen LogP contribution in [0.25, 0.3) is 0 Å². The zero-order chi connectivity index (χ0) is 38.0. The first-order valence-corrected chi connectivity index (χ1v) is 20.0. The molecule has 3 N–H and O–H groups in total. The maximum absolute atomic E-state index is 13.7. The number of carbonyl (C=O) groups is 4. The minimum Gasteiger partial charge on any atom is -0.511 e. The lowest BCUT2D eigenvalue weighted by Gasteiger charge is -2.70. The highest BCUT2D eigenvalue weighted by molar-refractivity contribution is 7.86. The van der Waals surface area contributed by atoms with E-state index in [4.69, 9.17) is 64.7 Å². The van der Waals surface area contributed by atoms with E-state index in [1.54, 1.807) is 44.2 Å². The lowest BCUT2D eigenvalue weighted by molar-refractivity contribution is -0.201. The Morgan fingerprint density at radius 3 is 2.58 bits per heavy atom. The predicted molar refractivity (Wildman–Crippen MR) is 211 cm³/mol. The summed E-state index contributed by atoms with van der Waals surface area (Å²) >= 11 is 24.2. The Balaban J connectivity index is 1.14. The summed E-state index contributed by atoms with van der Waals surface area (Å²) in [5, 5.41) is 23.8. The molecule has 0 aromatic heterocycles. The molecule has 2 spiro atoms. The van der Waals surface area contributed by atoms with Crippen LogP contribution in [0.15, 0.2) is 36.1 Å². The van der Waals surface area contributed by atoms with Gasteiger partial charge >= 0.3 is 12.1 Å². The molecule has 6 aliphatic rings. The third kappa shape index (κ3) is 6.73. The van der Waals surface area contributed by atoms with Crippen molar-refractivity contribution in [3.8, 4) is 5.75 Å². The van der Waals surface area contributed by atoms with Gasteiger partial charge in [-0.3, -0.25) is 14.5 Å². The summed E-state index contributed by atoms with van der Waals surface area (Å²) in [4.78, 5) is 53.4. The molecule has 6 unspecified atom stereocenters.